The van der Waals surface area contributed by atoms with Crippen molar-refractivity contribution in [1.82, 2.24) is 9.97 Å². The molecular weight excluding hydrogens is 380 g/mol. The van der Waals surface area contributed by atoms with Gasteiger partial charge in [-0.15, -0.1) is 0 Å². The van der Waals surface area contributed by atoms with Gasteiger partial charge in [0.2, 0.25) is 0 Å². The number of primary amides is 1. The van der Waals surface area contributed by atoms with E-state index in [9.17, 15) is 13.2 Å². The molecule has 3 heterocycles. The first-order chi connectivity index (χ1) is 13.3. The van der Waals surface area contributed by atoms with Crippen molar-refractivity contribution in [3.63, 3.8) is 0 Å². The Hall–Kier alpha value is -2.72. The maximum absolute atomic E-state index is 11.9. The summed E-state index contributed by atoms with van der Waals surface area (Å²) in [6, 6.07) is 6.46. The number of anilines is 3. The third-order valence-corrected chi connectivity index (χ3v) is 6.34. The average molecular weight is 404 g/mol. The standard InChI is InChI=1S/C18H24N6O3S/c1-2-11-4-3-5-16(23-11)24-14-8-12(9-21-17(14)18(20)25)22-15-10-28(26,27)7-6-13(15)19/h3-5,8-9,13,15,22H,2,6-7,10,19H2,1H3,(H2,20,25)(H,23,24)/t13-,15+/m0/s1. The summed E-state index contributed by atoms with van der Waals surface area (Å²) in [5.74, 6) is -0.0816. The summed E-state index contributed by atoms with van der Waals surface area (Å²) >= 11 is 0. The number of nitrogens with one attached hydrogen (secondary N) is 2. The van der Waals surface area contributed by atoms with Crippen LogP contribution in [0.25, 0.3) is 0 Å². The van der Waals surface area contributed by atoms with Crippen LogP contribution in [0.2, 0.25) is 0 Å². The second-order valence-electron chi connectivity index (χ2n) is 6.79. The Morgan fingerprint density at radius 3 is 2.86 bits per heavy atom. The number of nitrogens with zero attached hydrogens (tertiary/aromatic N) is 2. The van der Waals surface area contributed by atoms with Crippen LogP contribution in [0.5, 0.6) is 0 Å². The van der Waals surface area contributed by atoms with E-state index in [0.29, 0.717) is 23.6 Å². The molecule has 1 aliphatic rings. The zero-order valence-electron chi connectivity index (χ0n) is 15.6. The van der Waals surface area contributed by atoms with E-state index in [1.165, 1.54) is 6.20 Å². The normalized spacial score (nSPS) is 21.1. The van der Waals surface area contributed by atoms with Gasteiger partial charge in [-0.05, 0) is 31.0 Å². The minimum Gasteiger partial charge on any atom is -0.378 e. The van der Waals surface area contributed by atoms with Crippen molar-refractivity contribution in [3.05, 3.63) is 41.9 Å². The lowest BCUT2D eigenvalue weighted by Crippen LogP contribution is -2.50. The fourth-order valence-corrected chi connectivity index (χ4v) is 4.76. The van der Waals surface area contributed by atoms with Crippen molar-refractivity contribution in [3.8, 4) is 0 Å². The molecule has 150 valence electrons. The van der Waals surface area contributed by atoms with E-state index < -0.39 is 21.8 Å². The summed E-state index contributed by atoms with van der Waals surface area (Å²) in [5.41, 5.74) is 13.4. The molecule has 6 N–H and O–H groups in total. The van der Waals surface area contributed by atoms with Crippen LogP contribution in [0.1, 0.15) is 29.5 Å². The molecule has 10 heteroatoms. The number of hydrogen-bond donors (Lipinski definition) is 4. The van der Waals surface area contributed by atoms with Gasteiger partial charge in [-0.1, -0.05) is 13.0 Å². The van der Waals surface area contributed by atoms with Gasteiger partial charge in [0.15, 0.2) is 15.5 Å². The van der Waals surface area contributed by atoms with Crippen molar-refractivity contribution < 1.29 is 13.2 Å². The van der Waals surface area contributed by atoms with Crippen LogP contribution in [-0.2, 0) is 16.3 Å². The van der Waals surface area contributed by atoms with Crippen LogP contribution < -0.4 is 22.1 Å². The third-order valence-electron chi connectivity index (χ3n) is 4.62. The predicted octanol–water partition coefficient (Wildman–Crippen LogP) is 0.808. The maximum atomic E-state index is 11.9. The number of hydrogen-bond acceptors (Lipinski definition) is 8. The molecule has 28 heavy (non-hydrogen) atoms. The van der Waals surface area contributed by atoms with Gasteiger partial charge >= 0.3 is 0 Å². The summed E-state index contributed by atoms with van der Waals surface area (Å²) in [7, 11) is -3.14. The molecule has 1 fully saturated rings. The van der Waals surface area contributed by atoms with E-state index in [2.05, 4.69) is 20.6 Å². The largest absolute Gasteiger partial charge is 0.378 e. The van der Waals surface area contributed by atoms with Gasteiger partial charge in [0.05, 0.1) is 35.1 Å². The smallest absolute Gasteiger partial charge is 0.269 e. The number of amides is 1. The Kier molecular flexibility index (Phi) is 5.80. The average Bonchev–Trinajstić information content (AvgIpc) is 2.65. The van der Waals surface area contributed by atoms with Gasteiger partial charge in [0, 0.05) is 11.7 Å². The molecule has 0 saturated carbocycles. The van der Waals surface area contributed by atoms with Crippen LogP contribution in [-0.4, -0.2) is 47.9 Å². The lowest BCUT2D eigenvalue weighted by Gasteiger charge is -2.30. The first-order valence-corrected chi connectivity index (χ1v) is 10.8. The Balaban J connectivity index is 1.87. The van der Waals surface area contributed by atoms with Crippen LogP contribution in [0.4, 0.5) is 17.2 Å². The van der Waals surface area contributed by atoms with Gasteiger partial charge in [0.1, 0.15) is 5.82 Å². The molecule has 2 atom stereocenters. The Labute approximate surface area is 163 Å². The van der Waals surface area contributed by atoms with E-state index in [1.54, 1.807) is 12.1 Å². The molecule has 0 aromatic carbocycles. The van der Waals surface area contributed by atoms with Gasteiger partial charge in [-0.3, -0.25) is 4.79 Å². The lowest BCUT2D eigenvalue weighted by molar-refractivity contribution is 0.0996. The maximum Gasteiger partial charge on any atom is 0.269 e. The summed E-state index contributed by atoms with van der Waals surface area (Å²) in [5, 5.41) is 6.19. The minimum absolute atomic E-state index is 0.0470. The molecule has 2 aromatic rings. The van der Waals surface area contributed by atoms with E-state index >= 15 is 0 Å². The number of aryl methyl sites for hydroxylation is 1. The highest BCUT2D eigenvalue weighted by molar-refractivity contribution is 7.91. The minimum atomic E-state index is -3.14. The highest BCUT2D eigenvalue weighted by Crippen LogP contribution is 2.24. The molecule has 1 saturated heterocycles. The third kappa shape index (κ3) is 4.76. The van der Waals surface area contributed by atoms with Gasteiger partial charge in [-0.2, -0.15) is 0 Å². The van der Waals surface area contributed by atoms with Gasteiger partial charge < -0.3 is 22.1 Å². The second-order valence-corrected chi connectivity index (χ2v) is 9.02. The van der Waals surface area contributed by atoms with Crippen LogP contribution in [0.15, 0.2) is 30.5 Å². The Morgan fingerprint density at radius 1 is 1.36 bits per heavy atom. The SMILES string of the molecule is CCc1cccc(Nc2cc(N[C@@H]3CS(=O)(=O)CC[C@@H]3N)cnc2C(N)=O)n1. The molecule has 1 amide bonds. The van der Waals surface area contributed by atoms with Crippen molar-refractivity contribution >= 4 is 32.9 Å². The number of carbonyl (C=O) groups is 1. The molecule has 2 aromatic heterocycles. The van der Waals surface area contributed by atoms with Gasteiger partial charge in [0.25, 0.3) is 5.91 Å². The molecular formula is C18H24N6O3S. The zero-order chi connectivity index (χ0) is 20.3. The highest BCUT2D eigenvalue weighted by atomic mass is 32.2. The van der Waals surface area contributed by atoms with E-state index in [4.69, 9.17) is 11.5 Å². The fraction of sp³-hybridized carbons (Fsp3) is 0.389. The highest BCUT2D eigenvalue weighted by Gasteiger charge is 2.31. The lowest BCUT2D eigenvalue weighted by atomic mass is 10.1. The predicted molar refractivity (Wildman–Crippen MR) is 108 cm³/mol. The summed E-state index contributed by atoms with van der Waals surface area (Å²) in [6.45, 7) is 1.99. The zero-order valence-corrected chi connectivity index (χ0v) is 16.4. The monoisotopic (exact) mass is 404 g/mol. The number of carbonyl (C=O) groups excluding carboxylic acids is 1. The summed E-state index contributed by atoms with van der Waals surface area (Å²) in [4.78, 5) is 20.3. The first-order valence-electron chi connectivity index (χ1n) is 9.03. The van der Waals surface area contributed by atoms with Crippen molar-refractivity contribution in [2.45, 2.75) is 31.8 Å². The van der Waals surface area contributed by atoms with E-state index in [0.717, 1.165) is 12.1 Å². The molecule has 0 spiro atoms. The number of aromatic nitrogens is 2. The quantitative estimate of drug-likeness (QED) is 0.551. The molecule has 3 rings (SSSR count). The van der Waals surface area contributed by atoms with Crippen LogP contribution in [0.3, 0.4) is 0 Å². The van der Waals surface area contributed by atoms with Crippen molar-refractivity contribution in [2.24, 2.45) is 11.5 Å². The van der Waals surface area contributed by atoms with Crippen molar-refractivity contribution in [2.75, 3.05) is 22.1 Å². The van der Waals surface area contributed by atoms with Crippen molar-refractivity contribution in [1.29, 1.82) is 0 Å². The summed E-state index contributed by atoms with van der Waals surface area (Å²) < 4.78 is 23.8. The topological polar surface area (TPSA) is 153 Å². The van der Waals surface area contributed by atoms with E-state index in [1.807, 2.05) is 19.1 Å². The van der Waals surface area contributed by atoms with Crippen LogP contribution in [0, 0.1) is 0 Å². The molecule has 1 aliphatic heterocycles. The number of rotatable bonds is 6. The number of sulfone groups is 1. The molecule has 0 bridgehead atoms. The Bertz CT molecular complexity index is 979. The van der Waals surface area contributed by atoms with Gasteiger partial charge in [-0.25, -0.2) is 18.4 Å². The Morgan fingerprint density at radius 2 is 2.14 bits per heavy atom. The summed E-state index contributed by atoms with van der Waals surface area (Å²) in [6.07, 6.45) is 2.60. The molecule has 0 radical (unpaired) electrons. The van der Waals surface area contributed by atoms with E-state index in [-0.39, 0.29) is 23.2 Å². The fourth-order valence-electron chi connectivity index (χ4n) is 3.08. The molecule has 9 nitrogen and oxygen atoms in total. The number of nitrogens with two attached hydrogens (primary N) is 2. The molecule has 0 unspecified atom stereocenters. The molecule has 0 aliphatic carbocycles. The first kappa shape index (κ1) is 20.0. The van der Waals surface area contributed by atoms with Crippen LogP contribution >= 0.6 is 0 Å². The second kappa shape index (κ2) is 8.11. The number of pyridine rings is 2.